The molecule has 3 aromatic rings. The highest BCUT2D eigenvalue weighted by Crippen LogP contribution is 2.38. The van der Waals surface area contributed by atoms with Gasteiger partial charge in [0.15, 0.2) is 0 Å². The first-order valence-electron chi connectivity index (χ1n) is 11.7. The number of rotatable bonds is 3. The molecule has 0 aromatic heterocycles. The molecule has 3 aromatic carbocycles. The Labute approximate surface area is 202 Å². The fourth-order valence-electron chi connectivity index (χ4n) is 5.18. The summed E-state index contributed by atoms with van der Waals surface area (Å²) >= 11 is 0. The van der Waals surface area contributed by atoms with Crippen LogP contribution in [0.3, 0.4) is 0 Å². The fraction of sp³-hybridized carbons (Fsp3) is 0.286. The van der Waals surface area contributed by atoms with Crippen LogP contribution in [-0.4, -0.2) is 41.2 Å². The van der Waals surface area contributed by atoms with Gasteiger partial charge in [0, 0.05) is 37.7 Å². The van der Waals surface area contributed by atoms with Crippen LogP contribution < -0.4 is 0 Å². The van der Waals surface area contributed by atoms with Crippen LogP contribution in [0, 0.1) is 5.92 Å². The average molecular weight is 479 g/mol. The summed E-state index contributed by atoms with van der Waals surface area (Å²) in [5, 5.41) is 0. The lowest BCUT2D eigenvalue weighted by Crippen LogP contribution is -2.42. The molecule has 2 heterocycles. The van der Waals surface area contributed by atoms with Gasteiger partial charge in [-0.25, -0.2) is 0 Å². The third kappa shape index (κ3) is 4.67. The standard InChI is InChI=1S/C28H25F3N2O2/c29-28(30,31)23-12-6-11-21(15-23)24-17-33(26(34)20-8-2-1-3-9-20)18-25(24)27(35)32-14-13-19-7-4-5-10-22(19)16-32/h1-12,15,24-25H,13-14,16-18H2. The number of benzene rings is 3. The van der Waals surface area contributed by atoms with Crippen LogP contribution in [0.15, 0.2) is 78.9 Å². The second-order valence-electron chi connectivity index (χ2n) is 9.19. The van der Waals surface area contributed by atoms with Gasteiger partial charge >= 0.3 is 6.18 Å². The molecule has 2 unspecified atom stereocenters. The normalized spacial score (nSPS) is 20.0. The van der Waals surface area contributed by atoms with E-state index in [2.05, 4.69) is 6.07 Å². The Morgan fingerprint density at radius 1 is 0.800 bits per heavy atom. The highest BCUT2D eigenvalue weighted by molar-refractivity contribution is 5.95. The third-order valence-corrected chi connectivity index (χ3v) is 7.03. The second-order valence-corrected chi connectivity index (χ2v) is 9.19. The van der Waals surface area contributed by atoms with Crippen LogP contribution in [0.1, 0.15) is 38.5 Å². The molecule has 35 heavy (non-hydrogen) atoms. The van der Waals surface area contributed by atoms with Crippen LogP contribution in [0.2, 0.25) is 0 Å². The number of carbonyl (C=O) groups excluding carboxylic acids is 2. The van der Waals surface area contributed by atoms with Crippen LogP contribution in [0.4, 0.5) is 13.2 Å². The predicted molar refractivity (Wildman–Crippen MR) is 126 cm³/mol. The topological polar surface area (TPSA) is 40.6 Å². The van der Waals surface area contributed by atoms with Crippen LogP contribution in [-0.2, 0) is 23.9 Å². The molecule has 2 amide bonds. The molecule has 2 aliphatic rings. The van der Waals surface area contributed by atoms with E-state index in [1.54, 1.807) is 40.1 Å². The fourth-order valence-corrected chi connectivity index (χ4v) is 5.18. The molecule has 0 aliphatic carbocycles. The molecule has 2 atom stereocenters. The predicted octanol–water partition coefficient (Wildman–Crippen LogP) is 5.15. The lowest BCUT2D eigenvalue weighted by atomic mass is 9.86. The molecule has 0 spiro atoms. The van der Waals surface area contributed by atoms with Crippen molar-refractivity contribution in [3.05, 3.63) is 107 Å². The number of carbonyl (C=O) groups is 2. The van der Waals surface area contributed by atoms with Gasteiger partial charge < -0.3 is 9.80 Å². The monoisotopic (exact) mass is 478 g/mol. The smallest absolute Gasteiger partial charge is 0.338 e. The minimum atomic E-state index is -4.48. The number of fused-ring (bicyclic) bond motifs is 1. The maximum atomic E-state index is 13.7. The van der Waals surface area contributed by atoms with Gasteiger partial charge in [0.05, 0.1) is 11.5 Å². The quantitative estimate of drug-likeness (QED) is 0.523. The molecular weight excluding hydrogens is 453 g/mol. The molecule has 180 valence electrons. The average Bonchev–Trinajstić information content (AvgIpc) is 3.33. The van der Waals surface area contributed by atoms with Gasteiger partial charge in [0.2, 0.25) is 5.91 Å². The molecular formula is C28H25F3N2O2. The van der Waals surface area contributed by atoms with Gasteiger partial charge in [-0.2, -0.15) is 13.2 Å². The van der Waals surface area contributed by atoms with Gasteiger partial charge in [-0.1, -0.05) is 60.7 Å². The second kappa shape index (κ2) is 9.21. The van der Waals surface area contributed by atoms with Crippen molar-refractivity contribution in [1.82, 2.24) is 9.80 Å². The van der Waals surface area contributed by atoms with Crippen LogP contribution in [0.25, 0.3) is 0 Å². The summed E-state index contributed by atoms with van der Waals surface area (Å²) in [6, 6.07) is 21.9. The molecule has 0 saturated carbocycles. The minimum Gasteiger partial charge on any atom is -0.338 e. The summed E-state index contributed by atoms with van der Waals surface area (Å²) in [6.07, 6.45) is -3.75. The van der Waals surface area contributed by atoms with E-state index >= 15 is 0 Å². The molecule has 7 heteroatoms. The molecule has 1 fully saturated rings. The number of alkyl halides is 3. The van der Waals surface area contributed by atoms with Crippen LogP contribution >= 0.6 is 0 Å². The number of hydrogen-bond donors (Lipinski definition) is 0. The first-order chi connectivity index (χ1) is 16.8. The molecule has 0 radical (unpaired) electrons. The van der Waals surface area contributed by atoms with Gasteiger partial charge in [-0.05, 0) is 41.3 Å². The molecule has 5 rings (SSSR count). The van der Waals surface area contributed by atoms with Crippen molar-refractivity contribution in [1.29, 1.82) is 0 Å². The summed E-state index contributed by atoms with van der Waals surface area (Å²) in [6.45, 7) is 1.38. The molecule has 2 aliphatic heterocycles. The summed E-state index contributed by atoms with van der Waals surface area (Å²) in [5.74, 6) is -1.47. The van der Waals surface area contributed by atoms with E-state index in [1.807, 2.05) is 24.3 Å². The first kappa shape index (κ1) is 23.1. The largest absolute Gasteiger partial charge is 0.416 e. The van der Waals surface area contributed by atoms with Crippen LogP contribution in [0.5, 0.6) is 0 Å². The lowest BCUT2D eigenvalue weighted by Gasteiger charge is -2.32. The maximum absolute atomic E-state index is 13.7. The van der Waals surface area contributed by atoms with Crippen molar-refractivity contribution in [2.75, 3.05) is 19.6 Å². The molecule has 4 nitrogen and oxygen atoms in total. The van der Waals surface area contributed by atoms with E-state index in [0.29, 0.717) is 24.2 Å². The number of halogens is 3. The highest BCUT2D eigenvalue weighted by atomic mass is 19.4. The Kier molecular flexibility index (Phi) is 6.09. The van der Waals surface area contributed by atoms with Crippen molar-refractivity contribution in [3.8, 4) is 0 Å². The van der Waals surface area contributed by atoms with E-state index in [9.17, 15) is 22.8 Å². The summed E-state index contributed by atoms with van der Waals surface area (Å²) in [5.41, 5.74) is 2.46. The van der Waals surface area contributed by atoms with Crippen molar-refractivity contribution in [2.24, 2.45) is 5.92 Å². The Bertz CT molecular complexity index is 1240. The van der Waals surface area contributed by atoms with Crippen molar-refractivity contribution in [3.63, 3.8) is 0 Å². The van der Waals surface area contributed by atoms with E-state index in [4.69, 9.17) is 0 Å². The number of likely N-dealkylation sites (tertiary alicyclic amines) is 1. The zero-order valence-corrected chi connectivity index (χ0v) is 19.0. The molecule has 0 bridgehead atoms. The van der Waals surface area contributed by atoms with E-state index < -0.39 is 23.6 Å². The Morgan fingerprint density at radius 2 is 1.51 bits per heavy atom. The van der Waals surface area contributed by atoms with E-state index in [1.165, 1.54) is 11.6 Å². The highest BCUT2D eigenvalue weighted by Gasteiger charge is 2.43. The molecule has 1 saturated heterocycles. The minimum absolute atomic E-state index is 0.120. The summed E-state index contributed by atoms with van der Waals surface area (Å²) in [4.78, 5) is 30.3. The molecule has 0 N–H and O–H groups in total. The van der Waals surface area contributed by atoms with Gasteiger partial charge in [0.1, 0.15) is 0 Å². The van der Waals surface area contributed by atoms with E-state index in [-0.39, 0.29) is 24.9 Å². The van der Waals surface area contributed by atoms with E-state index in [0.717, 1.165) is 24.1 Å². The first-order valence-corrected chi connectivity index (χ1v) is 11.7. The zero-order valence-electron chi connectivity index (χ0n) is 19.0. The summed E-state index contributed by atoms with van der Waals surface area (Å²) < 4.78 is 40.3. The lowest BCUT2D eigenvalue weighted by molar-refractivity contribution is -0.137. The zero-order chi connectivity index (χ0) is 24.6. The Balaban J connectivity index is 1.45. The van der Waals surface area contributed by atoms with Gasteiger partial charge in [0.25, 0.3) is 5.91 Å². The number of hydrogen-bond acceptors (Lipinski definition) is 2. The van der Waals surface area contributed by atoms with Crippen molar-refractivity contribution in [2.45, 2.75) is 25.1 Å². The Hall–Kier alpha value is -3.61. The third-order valence-electron chi connectivity index (χ3n) is 7.03. The maximum Gasteiger partial charge on any atom is 0.416 e. The Morgan fingerprint density at radius 3 is 2.26 bits per heavy atom. The summed E-state index contributed by atoms with van der Waals surface area (Å²) in [7, 11) is 0. The number of amides is 2. The SMILES string of the molecule is O=C(c1ccccc1)N1CC(C(=O)N2CCc3ccccc3C2)C(c2cccc(C(F)(F)F)c2)C1. The number of nitrogens with zero attached hydrogens (tertiary/aromatic N) is 2. The van der Waals surface area contributed by atoms with Crippen molar-refractivity contribution < 1.29 is 22.8 Å². The van der Waals surface area contributed by atoms with Gasteiger partial charge in [-0.3, -0.25) is 9.59 Å². The van der Waals surface area contributed by atoms with Gasteiger partial charge in [-0.15, -0.1) is 0 Å². The van der Waals surface area contributed by atoms with Crippen molar-refractivity contribution >= 4 is 11.8 Å².